The van der Waals surface area contributed by atoms with E-state index in [0.717, 1.165) is 6.08 Å². The fourth-order valence-electron chi connectivity index (χ4n) is 1.48. The summed E-state index contributed by atoms with van der Waals surface area (Å²) in [5.74, 6) is -0.192. The lowest BCUT2D eigenvalue weighted by atomic mass is 9.89. The van der Waals surface area contributed by atoms with Gasteiger partial charge in [0.2, 0.25) is 0 Å². The van der Waals surface area contributed by atoms with E-state index in [1.165, 1.54) is 6.92 Å². The second-order valence-corrected chi connectivity index (χ2v) is 4.16. The van der Waals surface area contributed by atoms with Crippen LogP contribution >= 0.6 is 0 Å². The fourth-order valence-corrected chi connectivity index (χ4v) is 1.48. The zero-order valence-electron chi connectivity index (χ0n) is 9.45. The predicted octanol–water partition coefficient (Wildman–Crippen LogP) is 1.02. The molecule has 0 aromatic heterocycles. The van der Waals surface area contributed by atoms with Crippen LogP contribution in [0.5, 0.6) is 0 Å². The highest BCUT2D eigenvalue weighted by atomic mass is 19.4. The summed E-state index contributed by atoms with van der Waals surface area (Å²) >= 11 is 0. The molecule has 0 saturated carbocycles. The number of nitrogens with zero attached hydrogens (tertiary/aromatic N) is 1. The molecule has 1 unspecified atom stereocenters. The van der Waals surface area contributed by atoms with Crippen molar-refractivity contribution in [2.75, 3.05) is 6.61 Å². The summed E-state index contributed by atoms with van der Waals surface area (Å²) in [5, 5.41) is 10.7. The van der Waals surface area contributed by atoms with Crippen molar-refractivity contribution in [3.8, 4) is 0 Å². The molecule has 0 aliphatic heterocycles. The average molecular weight is 267 g/mol. The van der Waals surface area contributed by atoms with Crippen LogP contribution in [0, 0.1) is 10.1 Å². The van der Waals surface area contributed by atoms with Gasteiger partial charge in [0, 0.05) is 12.5 Å². The van der Waals surface area contributed by atoms with Gasteiger partial charge in [-0.15, -0.1) is 0 Å². The molecule has 1 rings (SSSR count). The summed E-state index contributed by atoms with van der Waals surface area (Å²) in [6.07, 6.45) is -3.84. The van der Waals surface area contributed by atoms with Crippen LogP contribution in [0.1, 0.15) is 13.3 Å². The van der Waals surface area contributed by atoms with Crippen LogP contribution in [0.15, 0.2) is 23.2 Å². The van der Waals surface area contributed by atoms with Crippen LogP contribution in [-0.4, -0.2) is 23.2 Å². The Morgan fingerprint density at radius 3 is 2.61 bits per heavy atom. The van der Waals surface area contributed by atoms with Crippen LogP contribution in [0.4, 0.5) is 13.2 Å². The van der Waals surface area contributed by atoms with Gasteiger partial charge in [0.15, 0.2) is 6.61 Å². The molecule has 102 valence electrons. The standard InChI is InChI=1S/C9H12F3N3O3/c1-8(14)3-6(18-4-9(10,11)12)5(13)2-7(8)15(16)17/h2H,3-4,13-14H2,1H3. The van der Waals surface area contributed by atoms with Gasteiger partial charge in [-0.05, 0) is 6.92 Å². The van der Waals surface area contributed by atoms with Crippen molar-refractivity contribution in [3.05, 3.63) is 33.3 Å². The predicted molar refractivity (Wildman–Crippen MR) is 55.5 cm³/mol. The summed E-state index contributed by atoms with van der Waals surface area (Å²) in [4.78, 5) is 9.98. The molecule has 1 atom stereocenters. The van der Waals surface area contributed by atoms with Gasteiger partial charge in [0.25, 0.3) is 5.70 Å². The lowest BCUT2D eigenvalue weighted by Gasteiger charge is -2.27. The summed E-state index contributed by atoms with van der Waals surface area (Å²) in [6.45, 7) is -0.189. The van der Waals surface area contributed by atoms with Crippen molar-refractivity contribution in [3.63, 3.8) is 0 Å². The molecule has 1 aliphatic rings. The van der Waals surface area contributed by atoms with E-state index >= 15 is 0 Å². The molecule has 6 nitrogen and oxygen atoms in total. The van der Waals surface area contributed by atoms with Gasteiger partial charge in [-0.2, -0.15) is 13.2 Å². The van der Waals surface area contributed by atoms with Gasteiger partial charge in [0.05, 0.1) is 10.6 Å². The maximum Gasteiger partial charge on any atom is 0.422 e. The number of rotatable bonds is 3. The Balaban J connectivity index is 2.94. The highest BCUT2D eigenvalue weighted by Crippen LogP contribution is 2.31. The van der Waals surface area contributed by atoms with Crippen LogP contribution in [0.2, 0.25) is 0 Å². The average Bonchev–Trinajstić information content (AvgIpc) is 2.17. The number of nitro groups is 1. The Labute approximate surface area is 100 Å². The van der Waals surface area contributed by atoms with E-state index in [0.29, 0.717) is 0 Å². The smallest absolute Gasteiger partial charge is 0.422 e. The third kappa shape index (κ3) is 3.36. The summed E-state index contributed by atoms with van der Waals surface area (Å²) in [5.41, 5.74) is 9.06. The van der Waals surface area contributed by atoms with Crippen molar-refractivity contribution < 1.29 is 22.8 Å². The summed E-state index contributed by atoms with van der Waals surface area (Å²) in [7, 11) is 0. The Kier molecular flexibility index (Phi) is 3.56. The van der Waals surface area contributed by atoms with Crippen LogP contribution in [0.25, 0.3) is 0 Å². The minimum absolute atomic E-state index is 0.192. The molecule has 0 aromatic carbocycles. The molecular formula is C9H12F3N3O3. The molecule has 0 spiro atoms. The van der Waals surface area contributed by atoms with Crippen molar-refractivity contribution >= 4 is 0 Å². The quantitative estimate of drug-likeness (QED) is 0.586. The number of halogens is 3. The molecule has 0 aromatic rings. The molecule has 0 heterocycles. The Hall–Kier alpha value is -1.77. The largest absolute Gasteiger partial charge is 0.486 e. The first-order valence-corrected chi connectivity index (χ1v) is 4.86. The molecular weight excluding hydrogens is 255 g/mol. The van der Waals surface area contributed by atoms with Gasteiger partial charge in [-0.3, -0.25) is 10.1 Å². The fraction of sp³-hybridized carbons (Fsp3) is 0.556. The maximum atomic E-state index is 12.0. The molecule has 9 heteroatoms. The third-order valence-electron chi connectivity index (χ3n) is 2.33. The second-order valence-electron chi connectivity index (χ2n) is 4.16. The molecule has 0 fully saturated rings. The van der Waals surface area contributed by atoms with Gasteiger partial charge in [0.1, 0.15) is 11.3 Å². The number of hydrogen-bond donors (Lipinski definition) is 2. The minimum atomic E-state index is -4.51. The second kappa shape index (κ2) is 4.48. The first kappa shape index (κ1) is 14.3. The molecule has 0 bridgehead atoms. The monoisotopic (exact) mass is 267 g/mol. The third-order valence-corrected chi connectivity index (χ3v) is 2.33. The van der Waals surface area contributed by atoms with E-state index in [1.807, 2.05) is 0 Å². The van der Waals surface area contributed by atoms with E-state index in [2.05, 4.69) is 4.74 Å². The van der Waals surface area contributed by atoms with E-state index in [4.69, 9.17) is 11.5 Å². The molecule has 0 radical (unpaired) electrons. The van der Waals surface area contributed by atoms with Gasteiger partial charge in [-0.1, -0.05) is 0 Å². The van der Waals surface area contributed by atoms with Crippen molar-refractivity contribution in [1.29, 1.82) is 0 Å². The number of allylic oxidation sites excluding steroid dienone is 1. The van der Waals surface area contributed by atoms with Gasteiger partial charge < -0.3 is 16.2 Å². The van der Waals surface area contributed by atoms with E-state index in [1.54, 1.807) is 0 Å². The van der Waals surface area contributed by atoms with Crippen molar-refractivity contribution in [2.24, 2.45) is 11.5 Å². The first-order chi connectivity index (χ1) is 8.03. The Bertz CT molecular complexity index is 427. The lowest BCUT2D eigenvalue weighted by Crippen LogP contribution is -2.44. The van der Waals surface area contributed by atoms with E-state index < -0.39 is 23.2 Å². The van der Waals surface area contributed by atoms with Crippen LogP contribution < -0.4 is 11.5 Å². The molecule has 18 heavy (non-hydrogen) atoms. The summed E-state index contributed by atoms with van der Waals surface area (Å²) in [6, 6.07) is 0. The number of nitrogens with two attached hydrogens (primary N) is 2. The van der Waals surface area contributed by atoms with E-state index in [9.17, 15) is 23.3 Å². The molecule has 4 N–H and O–H groups in total. The highest BCUT2D eigenvalue weighted by Gasteiger charge is 2.40. The molecule has 0 amide bonds. The zero-order chi connectivity index (χ0) is 14.1. The van der Waals surface area contributed by atoms with Gasteiger partial charge >= 0.3 is 6.18 Å². The van der Waals surface area contributed by atoms with E-state index in [-0.39, 0.29) is 23.6 Å². The minimum Gasteiger partial charge on any atom is -0.486 e. The SMILES string of the molecule is CC1(N)CC(OCC(F)(F)F)=C(N)C=C1[N+](=O)[O-]. The number of ether oxygens (including phenoxy) is 1. The van der Waals surface area contributed by atoms with Crippen molar-refractivity contribution in [2.45, 2.75) is 25.1 Å². The van der Waals surface area contributed by atoms with Crippen LogP contribution in [0.3, 0.4) is 0 Å². The normalized spacial score (nSPS) is 24.8. The first-order valence-electron chi connectivity index (χ1n) is 4.86. The number of hydrogen-bond acceptors (Lipinski definition) is 5. The van der Waals surface area contributed by atoms with Gasteiger partial charge in [-0.25, -0.2) is 0 Å². The maximum absolute atomic E-state index is 12.0. The topological polar surface area (TPSA) is 104 Å². The lowest BCUT2D eigenvalue weighted by molar-refractivity contribution is -0.435. The Morgan fingerprint density at radius 2 is 2.17 bits per heavy atom. The molecule has 1 aliphatic carbocycles. The highest BCUT2D eigenvalue weighted by molar-refractivity contribution is 5.33. The number of alkyl halides is 3. The zero-order valence-corrected chi connectivity index (χ0v) is 9.45. The van der Waals surface area contributed by atoms with Crippen LogP contribution in [-0.2, 0) is 4.74 Å². The van der Waals surface area contributed by atoms with Crippen molar-refractivity contribution in [1.82, 2.24) is 0 Å². The summed E-state index contributed by atoms with van der Waals surface area (Å²) < 4.78 is 40.5. The molecule has 0 saturated heterocycles. The Morgan fingerprint density at radius 1 is 1.61 bits per heavy atom.